The van der Waals surface area contributed by atoms with Crippen LogP contribution < -0.4 is 19.7 Å². The molecule has 1 aromatic heterocycles. The van der Waals surface area contributed by atoms with Crippen molar-refractivity contribution >= 4 is 34.6 Å². The van der Waals surface area contributed by atoms with Gasteiger partial charge in [-0.3, -0.25) is 10.1 Å². The molecule has 1 aromatic carbocycles. The lowest BCUT2D eigenvalue weighted by Crippen LogP contribution is -2.26. The maximum absolute atomic E-state index is 12.0. The lowest BCUT2D eigenvalue weighted by Gasteiger charge is -2.23. The number of nitrogens with one attached hydrogen (secondary N) is 1. The van der Waals surface area contributed by atoms with Crippen molar-refractivity contribution in [3.05, 3.63) is 33.1 Å². The molecule has 9 nitrogen and oxygen atoms in total. The smallest absolute Gasteiger partial charge is 0.353 e. The SMILES string of the molecule is CCCCN(CC)c1nc(C)nc(Nc2c(Cl)cc(OC)cc2OC)c1[N+](=O)[O-]. The molecule has 0 bridgehead atoms. The Balaban J connectivity index is 2.60. The first kappa shape index (κ1) is 22.5. The zero-order valence-electron chi connectivity index (χ0n) is 17.3. The fraction of sp³-hybridized carbons (Fsp3) is 0.474. The number of aryl methyl sites for hydroxylation is 1. The van der Waals surface area contributed by atoms with Crippen LogP contribution in [0.4, 0.5) is 23.0 Å². The summed E-state index contributed by atoms with van der Waals surface area (Å²) in [5.41, 5.74) is 0.154. The van der Waals surface area contributed by atoms with Crippen LogP contribution in [0.15, 0.2) is 12.1 Å². The minimum absolute atomic E-state index is 0.0535. The third-order valence-electron chi connectivity index (χ3n) is 4.35. The van der Waals surface area contributed by atoms with Gasteiger partial charge in [-0.2, -0.15) is 0 Å². The number of nitro groups is 1. The number of nitrogens with zero attached hydrogens (tertiary/aromatic N) is 4. The van der Waals surface area contributed by atoms with Crippen molar-refractivity contribution < 1.29 is 14.4 Å². The fourth-order valence-corrected chi connectivity index (χ4v) is 3.11. The minimum atomic E-state index is -0.477. The predicted octanol–water partition coefficient (Wildman–Crippen LogP) is 4.73. The molecule has 1 heterocycles. The number of halogens is 1. The summed E-state index contributed by atoms with van der Waals surface area (Å²) in [6, 6.07) is 3.22. The van der Waals surface area contributed by atoms with E-state index in [1.807, 2.05) is 11.8 Å². The molecule has 0 amide bonds. The lowest BCUT2D eigenvalue weighted by molar-refractivity contribution is -0.383. The summed E-state index contributed by atoms with van der Waals surface area (Å²) in [4.78, 5) is 22.0. The van der Waals surface area contributed by atoms with E-state index in [0.29, 0.717) is 36.1 Å². The van der Waals surface area contributed by atoms with Gasteiger partial charge in [-0.1, -0.05) is 24.9 Å². The Morgan fingerprint density at radius 3 is 2.52 bits per heavy atom. The first-order chi connectivity index (χ1) is 13.9. The maximum atomic E-state index is 12.0. The molecule has 0 aliphatic rings. The number of rotatable bonds is 10. The van der Waals surface area contributed by atoms with Gasteiger partial charge < -0.3 is 19.7 Å². The molecule has 0 saturated heterocycles. The molecular formula is C19H26ClN5O4. The average Bonchev–Trinajstić information content (AvgIpc) is 2.69. The van der Waals surface area contributed by atoms with E-state index >= 15 is 0 Å². The molecule has 0 aliphatic heterocycles. The maximum Gasteiger partial charge on any atom is 0.353 e. The number of anilines is 3. The van der Waals surface area contributed by atoms with Gasteiger partial charge in [-0.05, 0) is 20.3 Å². The van der Waals surface area contributed by atoms with Gasteiger partial charge in [-0.15, -0.1) is 0 Å². The van der Waals surface area contributed by atoms with Crippen LogP contribution in [-0.2, 0) is 0 Å². The summed E-state index contributed by atoms with van der Waals surface area (Å²) < 4.78 is 10.6. The third kappa shape index (κ3) is 5.17. The van der Waals surface area contributed by atoms with Crippen LogP contribution in [-0.4, -0.2) is 42.2 Å². The third-order valence-corrected chi connectivity index (χ3v) is 4.65. The van der Waals surface area contributed by atoms with E-state index in [9.17, 15) is 10.1 Å². The topological polar surface area (TPSA) is 103 Å². The van der Waals surface area contributed by atoms with E-state index in [1.54, 1.807) is 19.1 Å². The highest BCUT2D eigenvalue weighted by atomic mass is 35.5. The second kappa shape index (κ2) is 10.1. The summed E-state index contributed by atoms with van der Waals surface area (Å²) in [6.07, 6.45) is 1.87. The molecule has 0 fully saturated rings. The van der Waals surface area contributed by atoms with E-state index in [1.165, 1.54) is 14.2 Å². The lowest BCUT2D eigenvalue weighted by atomic mass is 10.2. The predicted molar refractivity (Wildman–Crippen MR) is 114 cm³/mol. The summed E-state index contributed by atoms with van der Waals surface area (Å²) in [6.45, 7) is 6.95. The second-order valence-electron chi connectivity index (χ2n) is 6.29. The van der Waals surface area contributed by atoms with Crippen LogP contribution in [0.3, 0.4) is 0 Å². The van der Waals surface area contributed by atoms with E-state index in [-0.39, 0.29) is 22.3 Å². The molecule has 2 aromatic rings. The van der Waals surface area contributed by atoms with Crippen LogP contribution in [0.5, 0.6) is 11.5 Å². The van der Waals surface area contributed by atoms with Gasteiger partial charge in [-0.25, -0.2) is 9.97 Å². The van der Waals surface area contributed by atoms with Gasteiger partial charge in [0.05, 0.1) is 24.2 Å². The van der Waals surface area contributed by atoms with Crippen molar-refractivity contribution in [1.29, 1.82) is 0 Å². The number of methoxy groups -OCH3 is 2. The second-order valence-corrected chi connectivity index (χ2v) is 6.70. The number of unbranched alkanes of at least 4 members (excludes halogenated alkanes) is 1. The molecule has 158 valence electrons. The quantitative estimate of drug-likeness (QED) is 0.432. The van der Waals surface area contributed by atoms with Crippen LogP contribution >= 0.6 is 11.6 Å². The average molecular weight is 424 g/mol. The Bertz CT molecular complexity index is 878. The highest BCUT2D eigenvalue weighted by Crippen LogP contribution is 2.41. The van der Waals surface area contributed by atoms with Gasteiger partial charge in [0.25, 0.3) is 0 Å². The van der Waals surface area contributed by atoms with Gasteiger partial charge in [0.1, 0.15) is 23.0 Å². The van der Waals surface area contributed by atoms with Crippen molar-refractivity contribution in [3.8, 4) is 11.5 Å². The first-order valence-electron chi connectivity index (χ1n) is 9.32. The monoisotopic (exact) mass is 423 g/mol. The Kier molecular flexibility index (Phi) is 7.83. The van der Waals surface area contributed by atoms with Crippen LogP contribution in [0.2, 0.25) is 5.02 Å². The van der Waals surface area contributed by atoms with Crippen molar-refractivity contribution in [2.24, 2.45) is 0 Å². The molecule has 29 heavy (non-hydrogen) atoms. The molecule has 0 spiro atoms. The fourth-order valence-electron chi connectivity index (χ4n) is 2.87. The zero-order valence-corrected chi connectivity index (χ0v) is 18.0. The number of aromatic nitrogens is 2. The summed E-state index contributed by atoms with van der Waals surface area (Å²) in [7, 11) is 2.99. The first-order valence-corrected chi connectivity index (χ1v) is 9.70. The highest BCUT2D eigenvalue weighted by molar-refractivity contribution is 6.34. The number of ether oxygens (including phenoxy) is 2. The highest BCUT2D eigenvalue weighted by Gasteiger charge is 2.28. The number of hydrogen-bond acceptors (Lipinski definition) is 8. The van der Waals surface area contributed by atoms with E-state index in [0.717, 1.165) is 12.8 Å². The molecule has 1 N–H and O–H groups in total. The standard InChI is InChI=1S/C19H26ClN5O4/c1-6-8-9-24(7-2)19-17(25(26)27)18(21-12(3)22-19)23-16-14(20)10-13(28-4)11-15(16)29-5/h10-11H,6-9H2,1-5H3,(H,21,22,23). The van der Waals surface area contributed by atoms with Crippen LogP contribution in [0, 0.1) is 17.0 Å². The summed E-state index contributed by atoms with van der Waals surface area (Å²) >= 11 is 6.37. The summed E-state index contributed by atoms with van der Waals surface area (Å²) in [5.74, 6) is 1.62. The normalized spacial score (nSPS) is 10.6. The number of hydrogen-bond donors (Lipinski definition) is 1. The molecule has 0 radical (unpaired) electrons. The van der Waals surface area contributed by atoms with Crippen LogP contribution in [0.1, 0.15) is 32.5 Å². The van der Waals surface area contributed by atoms with E-state index in [4.69, 9.17) is 21.1 Å². The molecule has 0 atom stereocenters. The molecule has 0 unspecified atom stereocenters. The Labute approximate surface area is 175 Å². The van der Waals surface area contributed by atoms with E-state index in [2.05, 4.69) is 22.2 Å². The largest absolute Gasteiger partial charge is 0.497 e. The van der Waals surface area contributed by atoms with Crippen LogP contribution in [0.25, 0.3) is 0 Å². The molecular weight excluding hydrogens is 398 g/mol. The van der Waals surface area contributed by atoms with Gasteiger partial charge >= 0.3 is 5.69 Å². The molecule has 0 saturated carbocycles. The Morgan fingerprint density at radius 1 is 1.24 bits per heavy atom. The van der Waals surface area contributed by atoms with Crippen molar-refractivity contribution in [3.63, 3.8) is 0 Å². The Morgan fingerprint density at radius 2 is 1.97 bits per heavy atom. The van der Waals surface area contributed by atoms with Crippen molar-refractivity contribution in [2.45, 2.75) is 33.6 Å². The van der Waals surface area contributed by atoms with Gasteiger partial charge in [0.2, 0.25) is 11.6 Å². The molecule has 0 aliphatic carbocycles. The number of benzene rings is 1. The molecule has 2 rings (SSSR count). The zero-order chi connectivity index (χ0) is 21.6. The minimum Gasteiger partial charge on any atom is -0.497 e. The Hall–Kier alpha value is -2.81. The summed E-state index contributed by atoms with van der Waals surface area (Å²) in [5, 5.41) is 15.2. The van der Waals surface area contributed by atoms with Crippen molar-refractivity contribution in [2.75, 3.05) is 37.5 Å². The van der Waals surface area contributed by atoms with E-state index < -0.39 is 4.92 Å². The van der Waals surface area contributed by atoms with Gasteiger partial charge in [0, 0.05) is 25.2 Å². The van der Waals surface area contributed by atoms with Gasteiger partial charge in [0.15, 0.2) is 0 Å². The molecule has 10 heteroatoms. The van der Waals surface area contributed by atoms with Crippen molar-refractivity contribution in [1.82, 2.24) is 9.97 Å².